The largest absolute Gasteiger partial charge is 0.416 e. The molecule has 0 aliphatic carbocycles. The first-order chi connectivity index (χ1) is 15.4. The molecule has 3 N–H and O–H groups in total. The fourth-order valence-corrected chi connectivity index (χ4v) is 2.96. The molecule has 0 unspecified atom stereocenters. The molecule has 0 fully saturated rings. The summed E-state index contributed by atoms with van der Waals surface area (Å²) in [7, 11) is 0. The third-order valence-electron chi connectivity index (χ3n) is 4.36. The van der Waals surface area contributed by atoms with Crippen LogP contribution in [0.1, 0.15) is 36.7 Å². The average molecular weight is 460 g/mol. The van der Waals surface area contributed by atoms with Gasteiger partial charge in [0.1, 0.15) is 12.7 Å². The third-order valence-corrected chi connectivity index (χ3v) is 4.36. The molecular weight excluding hydrogens is 437 g/mol. The molecule has 0 atom stereocenters. The summed E-state index contributed by atoms with van der Waals surface area (Å²) in [4.78, 5) is 28.9. The van der Waals surface area contributed by atoms with Gasteiger partial charge in [-0.15, -0.1) is 0 Å². The second-order valence-electron chi connectivity index (χ2n) is 8.22. The maximum absolute atomic E-state index is 13.2. The molecule has 0 radical (unpaired) electrons. The van der Waals surface area contributed by atoms with Crippen LogP contribution in [0, 0.1) is 0 Å². The number of nitrogens with one attached hydrogen (secondary N) is 3. The number of amides is 2. The molecule has 3 aromatic rings. The molecular formula is C22H23F3N6O2. The van der Waals surface area contributed by atoms with Gasteiger partial charge in [-0.25, -0.2) is 9.67 Å². The van der Waals surface area contributed by atoms with E-state index >= 15 is 0 Å². The van der Waals surface area contributed by atoms with E-state index in [1.54, 1.807) is 24.3 Å². The average Bonchev–Trinajstić information content (AvgIpc) is 3.25. The van der Waals surface area contributed by atoms with E-state index in [4.69, 9.17) is 0 Å². The summed E-state index contributed by atoms with van der Waals surface area (Å²) in [5.41, 5.74) is -0.487. The van der Waals surface area contributed by atoms with E-state index in [2.05, 4.69) is 26.0 Å². The van der Waals surface area contributed by atoms with E-state index < -0.39 is 23.2 Å². The van der Waals surface area contributed by atoms with Gasteiger partial charge in [0, 0.05) is 11.2 Å². The first kappa shape index (κ1) is 23.8. The molecule has 3 rings (SSSR count). The normalized spacial score (nSPS) is 11.7. The van der Waals surface area contributed by atoms with Gasteiger partial charge in [-0.2, -0.15) is 18.3 Å². The van der Waals surface area contributed by atoms with Crippen molar-refractivity contribution in [2.24, 2.45) is 0 Å². The number of carbonyl (C=O) groups excluding carboxylic acids is 2. The summed E-state index contributed by atoms with van der Waals surface area (Å²) in [5, 5.41) is 12.1. The Hall–Kier alpha value is -3.89. The van der Waals surface area contributed by atoms with E-state index in [0.717, 1.165) is 12.1 Å². The van der Waals surface area contributed by atoms with Crippen molar-refractivity contribution in [2.75, 3.05) is 17.2 Å². The van der Waals surface area contributed by atoms with Crippen LogP contribution >= 0.6 is 0 Å². The van der Waals surface area contributed by atoms with Crippen molar-refractivity contribution in [1.82, 2.24) is 20.1 Å². The Morgan fingerprint density at radius 2 is 1.76 bits per heavy atom. The Morgan fingerprint density at radius 3 is 2.39 bits per heavy atom. The van der Waals surface area contributed by atoms with E-state index in [-0.39, 0.29) is 23.8 Å². The van der Waals surface area contributed by atoms with Gasteiger partial charge in [-0.1, -0.05) is 12.1 Å². The SMILES string of the molecule is CC(C)(C)NC(=O)c1ccccc1NCC(=O)Nc1cc(C(F)(F)F)ccc1-n1cncn1. The van der Waals surface area contributed by atoms with Crippen LogP contribution in [-0.2, 0) is 11.0 Å². The predicted molar refractivity (Wildman–Crippen MR) is 117 cm³/mol. The second-order valence-corrected chi connectivity index (χ2v) is 8.22. The number of anilines is 2. The summed E-state index contributed by atoms with van der Waals surface area (Å²) in [5.74, 6) is -0.931. The van der Waals surface area contributed by atoms with Crippen molar-refractivity contribution >= 4 is 23.2 Å². The highest BCUT2D eigenvalue weighted by molar-refractivity contribution is 6.01. The quantitative estimate of drug-likeness (QED) is 0.519. The summed E-state index contributed by atoms with van der Waals surface area (Å²) in [6.07, 6.45) is -2.05. The zero-order chi connectivity index (χ0) is 24.2. The van der Waals surface area contributed by atoms with Crippen molar-refractivity contribution in [1.29, 1.82) is 0 Å². The third kappa shape index (κ3) is 6.31. The van der Waals surface area contributed by atoms with Crippen LogP contribution in [0.2, 0.25) is 0 Å². The molecule has 11 heteroatoms. The maximum Gasteiger partial charge on any atom is 0.416 e. The van der Waals surface area contributed by atoms with Gasteiger partial charge in [0.15, 0.2) is 0 Å². The van der Waals surface area contributed by atoms with Gasteiger partial charge in [0.2, 0.25) is 5.91 Å². The van der Waals surface area contributed by atoms with Gasteiger partial charge >= 0.3 is 6.18 Å². The van der Waals surface area contributed by atoms with E-state index in [1.807, 2.05) is 20.8 Å². The number of aromatic nitrogens is 3. The number of rotatable bonds is 6. The Kier molecular flexibility index (Phi) is 6.70. The fraction of sp³-hybridized carbons (Fsp3) is 0.273. The minimum atomic E-state index is -4.59. The summed E-state index contributed by atoms with van der Waals surface area (Å²) in [6.45, 7) is 5.25. The molecule has 0 saturated heterocycles. The summed E-state index contributed by atoms with van der Waals surface area (Å²) >= 11 is 0. The van der Waals surface area contributed by atoms with E-state index in [9.17, 15) is 22.8 Å². The van der Waals surface area contributed by atoms with Crippen LogP contribution < -0.4 is 16.0 Å². The molecule has 1 heterocycles. The number of carbonyl (C=O) groups is 2. The molecule has 2 aromatic carbocycles. The second kappa shape index (κ2) is 9.31. The summed E-state index contributed by atoms with van der Waals surface area (Å²) in [6, 6.07) is 9.56. The summed E-state index contributed by atoms with van der Waals surface area (Å²) < 4.78 is 40.8. The van der Waals surface area contributed by atoms with Crippen LogP contribution in [0.4, 0.5) is 24.5 Å². The first-order valence-electron chi connectivity index (χ1n) is 9.95. The van der Waals surface area contributed by atoms with Crippen LogP contribution in [0.15, 0.2) is 55.1 Å². The van der Waals surface area contributed by atoms with Gasteiger partial charge in [0.05, 0.1) is 29.0 Å². The number of para-hydroxylation sites is 1. The number of alkyl halides is 3. The van der Waals surface area contributed by atoms with Crippen LogP contribution in [0.5, 0.6) is 0 Å². The number of hydrogen-bond acceptors (Lipinski definition) is 5. The number of halogens is 3. The monoisotopic (exact) mass is 460 g/mol. The van der Waals surface area contributed by atoms with Gasteiger partial charge in [-0.05, 0) is 51.1 Å². The molecule has 0 aliphatic heterocycles. The standard InChI is InChI=1S/C22H23F3N6O2/c1-21(2,3)30-20(33)15-6-4-5-7-16(15)27-11-19(32)29-17-10-14(22(23,24)25)8-9-18(17)31-13-26-12-28-31/h4-10,12-13,27H,11H2,1-3H3,(H,29,32)(H,30,33). The highest BCUT2D eigenvalue weighted by Gasteiger charge is 2.31. The van der Waals surface area contributed by atoms with Crippen LogP contribution in [0.25, 0.3) is 5.69 Å². The van der Waals surface area contributed by atoms with Crippen molar-refractivity contribution < 1.29 is 22.8 Å². The molecule has 33 heavy (non-hydrogen) atoms. The highest BCUT2D eigenvalue weighted by atomic mass is 19.4. The molecule has 0 aliphatic rings. The van der Waals surface area contributed by atoms with E-state index in [0.29, 0.717) is 11.3 Å². The number of nitrogens with zero attached hydrogens (tertiary/aromatic N) is 3. The van der Waals surface area contributed by atoms with Crippen LogP contribution in [-0.4, -0.2) is 38.7 Å². The number of benzene rings is 2. The molecule has 0 bridgehead atoms. The lowest BCUT2D eigenvalue weighted by atomic mass is 10.1. The lowest BCUT2D eigenvalue weighted by Gasteiger charge is -2.21. The Bertz CT molecular complexity index is 1140. The maximum atomic E-state index is 13.2. The smallest absolute Gasteiger partial charge is 0.376 e. The zero-order valence-electron chi connectivity index (χ0n) is 18.2. The molecule has 0 spiro atoms. The zero-order valence-corrected chi connectivity index (χ0v) is 18.2. The van der Waals surface area contributed by atoms with Crippen molar-refractivity contribution in [2.45, 2.75) is 32.5 Å². The highest BCUT2D eigenvalue weighted by Crippen LogP contribution is 2.33. The first-order valence-corrected chi connectivity index (χ1v) is 9.95. The van der Waals surface area contributed by atoms with Crippen molar-refractivity contribution in [3.8, 4) is 5.69 Å². The fourth-order valence-electron chi connectivity index (χ4n) is 2.96. The van der Waals surface area contributed by atoms with Crippen LogP contribution in [0.3, 0.4) is 0 Å². The molecule has 2 amide bonds. The van der Waals surface area contributed by atoms with Gasteiger partial charge in [-0.3, -0.25) is 9.59 Å². The lowest BCUT2D eigenvalue weighted by molar-refractivity contribution is -0.137. The number of hydrogen-bond donors (Lipinski definition) is 3. The Labute approximate surface area is 188 Å². The Balaban J connectivity index is 1.78. The minimum Gasteiger partial charge on any atom is -0.376 e. The molecule has 8 nitrogen and oxygen atoms in total. The van der Waals surface area contributed by atoms with Gasteiger partial charge < -0.3 is 16.0 Å². The topological polar surface area (TPSA) is 101 Å². The Morgan fingerprint density at radius 1 is 1.03 bits per heavy atom. The van der Waals surface area contributed by atoms with E-state index in [1.165, 1.54) is 23.4 Å². The van der Waals surface area contributed by atoms with Crippen molar-refractivity contribution in [3.63, 3.8) is 0 Å². The predicted octanol–water partition coefficient (Wildman–Crippen LogP) is 3.87. The lowest BCUT2D eigenvalue weighted by Crippen LogP contribution is -2.40. The minimum absolute atomic E-state index is 0.0825. The molecule has 0 saturated carbocycles. The van der Waals surface area contributed by atoms with Crippen molar-refractivity contribution in [3.05, 3.63) is 66.2 Å². The van der Waals surface area contributed by atoms with Gasteiger partial charge in [0.25, 0.3) is 5.91 Å². The molecule has 1 aromatic heterocycles. The molecule has 174 valence electrons.